The van der Waals surface area contributed by atoms with Crippen molar-refractivity contribution >= 4 is 17.7 Å². The van der Waals surface area contributed by atoms with E-state index in [1.165, 1.54) is 50.3 Å². The summed E-state index contributed by atoms with van der Waals surface area (Å²) < 4.78 is 5.31. The number of carbonyl (C=O) groups excluding carboxylic acids is 2. The molecule has 0 aromatic carbocycles. The number of hydrogen-bond acceptors (Lipinski definition) is 5. The Labute approximate surface area is 181 Å². The number of amides is 1. The van der Waals surface area contributed by atoms with E-state index in [-0.39, 0.29) is 17.9 Å². The fraction of sp³-hybridized carbons (Fsp3) is 0.458. The Kier molecular flexibility index (Phi) is 7.76. The van der Waals surface area contributed by atoms with Gasteiger partial charge in [-0.25, -0.2) is 0 Å². The highest BCUT2D eigenvalue weighted by atomic mass is 16.6. The normalized spacial score (nSPS) is 29.1. The monoisotopic (exact) mass is 427 g/mol. The smallest absolute Gasteiger partial charge is 0.303 e. The lowest BCUT2D eigenvalue weighted by Gasteiger charge is -2.23. The highest BCUT2D eigenvalue weighted by Crippen LogP contribution is 2.40. The molecular formula is C24H29NO6. The van der Waals surface area contributed by atoms with Crippen molar-refractivity contribution in [1.82, 2.24) is 5.32 Å². The van der Waals surface area contributed by atoms with Gasteiger partial charge in [0.15, 0.2) is 6.10 Å². The van der Waals surface area contributed by atoms with Crippen LogP contribution in [0, 0.1) is 5.92 Å². The van der Waals surface area contributed by atoms with Gasteiger partial charge in [-0.15, -0.1) is 0 Å². The van der Waals surface area contributed by atoms with Gasteiger partial charge in [0.05, 0.1) is 5.70 Å². The lowest BCUT2D eigenvalue weighted by atomic mass is 9.88. The van der Waals surface area contributed by atoms with Crippen LogP contribution in [0.5, 0.6) is 0 Å². The lowest BCUT2D eigenvalue weighted by Crippen LogP contribution is -2.42. The van der Waals surface area contributed by atoms with Crippen LogP contribution in [-0.2, 0) is 19.1 Å². The number of hydrogen-bond donors (Lipinski definition) is 3. The van der Waals surface area contributed by atoms with Crippen molar-refractivity contribution < 1.29 is 29.3 Å². The van der Waals surface area contributed by atoms with Gasteiger partial charge in [0.25, 0.3) is 0 Å². The highest BCUT2D eigenvalue weighted by molar-refractivity contribution is 6.06. The van der Waals surface area contributed by atoms with E-state index >= 15 is 0 Å². The molecule has 2 aliphatic carbocycles. The molecule has 0 radical (unpaired) electrons. The van der Waals surface area contributed by atoms with E-state index in [1.807, 2.05) is 6.08 Å². The maximum absolute atomic E-state index is 12.4. The first-order chi connectivity index (χ1) is 14.9. The third-order valence-corrected chi connectivity index (χ3v) is 5.63. The SMILES string of the molecule is O=C(O)CC/C=C/C=C/[C@@]1(O)C=C(NC(=O)/C=C/C=C/C2CCCCC2)C(=O)[C@@H]2O[C@@H]21. The summed E-state index contributed by atoms with van der Waals surface area (Å²) in [6.07, 6.45) is 19.7. The number of rotatable bonds is 9. The molecule has 3 aliphatic rings. The predicted molar refractivity (Wildman–Crippen MR) is 115 cm³/mol. The average molecular weight is 427 g/mol. The third kappa shape index (κ3) is 6.60. The van der Waals surface area contributed by atoms with Gasteiger partial charge >= 0.3 is 5.97 Å². The lowest BCUT2D eigenvalue weighted by molar-refractivity contribution is -0.136. The van der Waals surface area contributed by atoms with E-state index in [9.17, 15) is 19.5 Å². The number of aliphatic hydroxyl groups is 1. The molecular weight excluding hydrogens is 398 g/mol. The van der Waals surface area contributed by atoms with Crippen molar-refractivity contribution in [3.8, 4) is 0 Å². The minimum atomic E-state index is -1.52. The van der Waals surface area contributed by atoms with Crippen LogP contribution in [0.4, 0.5) is 0 Å². The molecule has 1 saturated carbocycles. The summed E-state index contributed by atoms with van der Waals surface area (Å²) in [7, 11) is 0. The summed E-state index contributed by atoms with van der Waals surface area (Å²) in [5.74, 6) is -1.13. The zero-order chi connectivity index (χ0) is 22.3. The minimum Gasteiger partial charge on any atom is -0.481 e. The maximum atomic E-state index is 12.4. The molecule has 1 saturated heterocycles. The van der Waals surface area contributed by atoms with Crippen molar-refractivity contribution in [2.75, 3.05) is 0 Å². The Morgan fingerprint density at radius 3 is 2.68 bits per heavy atom. The van der Waals surface area contributed by atoms with E-state index in [0.29, 0.717) is 12.3 Å². The molecule has 1 heterocycles. The fourth-order valence-electron chi connectivity index (χ4n) is 3.90. The first kappa shape index (κ1) is 22.9. The maximum Gasteiger partial charge on any atom is 0.303 e. The number of carboxylic acid groups (broad SMARTS) is 1. The second-order valence-electron chi connectivity index (χ2n) is 8.14. The molecule has 3 atom stereocenters. The zero-order valence-corrected chi connectivity index (χ0v) is 17.4. The van der Waals surface area contributed by atoms with Gasteiger partial charge in [-0.3, -0.25) is 14.4 Å². The van der Waals surface area contributed by atoms with Crippen LogP contribution in [0.15, 0.2) is 60.4 Å². The van der Waals surface area contributed by atoms with Crippen LogP contribution in [0.25, 0.3) is 0 Å². The number of ketones is 1. The summed E-state index contributed by atoms with van der Waals surface area (Å²) in [5.41, 5.74) is -1.52. The molecule has 0 aromatic heterocycles. The molecule has 31 heavy (non-hydrogen) atoms. The van der Waals surface area contributed by atoms with Crippen LogP contribution in [-0.4, -0.2) is 45.7 Å². The molecule has 0 spiro atoms. The number of Topliss-reactive ketones (excluding diaryl/α,β-unsaturated/α-hetero) is 1. The van der Waals surface area contributed by atoms with Crippen LogP contribution >= 0.6 is 0 Å². The number of carbonyl (C=O) groups is 3. The Balaban J connectivity index is 1.56. The summed E-state index contributed by atoms with van der Waals surface area (Å²) in [6.45, 7) is 0. The number of nitrogens with one attached hydrogen (secondary N) is 1. The zero-order valence-electron chi connectivity index (χ0n) is 17.4. The van der Waals surface area contributed by atoms with Crippen molar-refractivity contribution in [2.45, 2.75) is 62.8 Å². The van der Waals surface area contributed by atoms with Crippen molar-refractivity contribution in [3.05, 3.63) is 60.4 Å². The van der Waals surface area contributed by atoms with Gasteiger partial charge in [0.2, 0.25) is 11.7 Å². The Bertz CT molecular complexity index is 846. The molecule has 3 rings (SSSR count). The van der Waals surface area contributed by atoms with Gasteiger partial charge in [-0.2, -0.15) is 0 Å². The molecule has 7 nitrogen and oxygen atoms in total. The Morgan fingerprint density at radius 2 is 1.94 bits per heavy atom. The van der Waals surface area contributed by atoms with E-state index in [1.54, 1.807) is 24.3 Å². The van der Waals surface area contributed by atoms with Gasteiger partial charge in [0.1, 0.15) is 11.7 Å². The quantitative estimate of drug-likeness (QED) is 0.296. The average Bonchev–Trinajstić information content (AvgIpc) is 3.55. The summed E-state index contributed by atoms with van der Waals surface area (Å²) >= 11 is 0. The van der Waals surface area contributed by atoms with Crippen molar-refractivity contribution in [1.29, 1.82) is 0 Å². The van der Waals surface area contributed by atoms with Gasteiger partial charge in [-0.1, -0.05) is 55.7 Å². The van der Waals surface area contributed by atoms with Gasteiger partial charge < -0.3 is 20.3 Å². The summed E-state index contributed by atoms with van der Waals surface area (Å²) in [6, 6.07) is 0. The topological polar surface area (TPSA) is 116 Å². The standard InChI is InChI=1S/C24H29NO6/c26-19(13-8-7-12-17-10-4-3-5-11-17)25-18-16-24(30,23-22(31-23)21(18)29)15-9-2-1-6-14-20(27)28/h1-2,7-9,12-13,15-17,22-23,30H,3-6,10-11,14H2,(H,25,26)(H,27,28)/b2-1+,12-7+,13-8+,15-9+/t22-,23-,24+/m0/s1. The number of allylic oxidation sites excluding steroid dienone is 6. The number of carboxylic acids is 1. The first-order valence-corrected chi connectivity index (χ1v) is 10.8. The fourth-order valence-corrected chi connectivity index (χ4v) is 3.90. The van der Waals surface area contributed by atoms with Crippen LogP contribution in [0.1, 0.15) is 44.9 Å². The molecule has 166 valence electrons. The van der Waals surface area contributed by atoms with E-state index < -0.39 is 29.7 Å². The Morgan fingerprint density at radius 1 is 1.16 bits per heavy atom. The van der Waals surface area contributed by atoms with Gasteiger partial charge in [0, 0.05) is 12.5 Å². The minimum absolute atomic E-state index is 0.00617. The highest BCUT2D eigenvalue weighted by Gasteiger charge is 2.59. The molecule has 0 unspecified atom stereocenters. The summed E-state index contributed by atoms with van der Waals surface area (Å²) in [4.78, 5) is 35.1. The first-order valence-electron chi connectivity index (χ1n) is 10.8. The largest absolute Gasteiger partial charge is 0.481 e. The molecule has 0 bridgehead atoms. The molecule has 0 aromatic rings. The molecule has 1 aliphatic heterocycles. The number of epoxide rings is 1. The number of ether oxygens (including phenoxy) is 1. The van der Waals surface area contributed by atoms with E-state index in [2.05, 4.69) is 11.4 Å². The van der Waals surface area contributed by atoms with Crippen LogP contribution in [0.3, 0.4) is 0 Å². The summed E-state index contributed by atoms with van der Waals surface area (Å²) in [5, 5.41) is 22.0. The predicted octanol–water partition coefficient (Wildman–Crippen LogP) is 2.74. The van der Waals surface area contributed by atoms with Crippen molar-refractivity contribution in [3.63, 3.8) is 0 Å². The van der Waals surface area contributed by atoms with Crippen LogP contribution < -0.4 is 5.32 Å². The second kappa shape index (κ2) is 10.5. The van der Waals surface area contributed by atoms with Gasteiger partial charge in [-0.05, 0) is 37.3 Å². The van der Waals surface area contributed by atoms with Crippen LogP contribution in [0.2, 0.25) is 0 Å². The van der Waals surface area contributed by atoms with Crippen molar-refractivity contribution in [2.24, 2.45) is 5.92 Å². The second-order valence-corrected chi connectivity index (χ2v) is 8.14. The van der Waals surface area contributed by atoms with E-state index in [0.717, 1.165) is 0 Å². The Hall–Kier alpha value is -2.77. The molecule has 2 fully saturated rings. The molecule has 7 heteroatoms. The van der Waals surface area contributed by atoms with E-state index in [4.69, 9.17) is 9.84 Å². The molecule has 3 N–H and O–H groups in total. The third-order valence-electron chi connectivity index (χ3n) is 5.63. The number of aliphatic carboxylic acids is 1. The molecule has 1 amide bonds. The number of fused-ring (bicyclic) bond motifs is 1.